The number of rotatable bonds is 5. The fourth-order valence-electron chi connectivity index (χ4n) is 0.681. The minimum atomic E-state index is 0.165. The summed E-state index contributed by atoms with van der Waals surface area (Å²) in [5, 5.41) is 0. The van der Waals surface area contributed by atoms with Gasteiger partial charge in [0, 0.05) is 12.1 Å². The Morgan fingerprint density at radius 3 is 2.50 bits per heavy atom. The van der Waals surface area contributed by atoms with Crippen LogP contribution < -0.4 is 5.73 Å². The Kier molecular flexibility index (Phi) is 6.07. The molecule has 0 unspecified atom stereocenters. The van der Waals surface area contributed by atoms with Crippen molar-refractivity contribution in [2.24, 2.45) is 5.73 Å². The van der Waals surface area contributed by atoms with Gasteiger partial charge in [0.25, 0.3) is 0 Å². The zero-order valence-electron chi connectivity index (χ0n) is 7.84. The summed E-state index contributed by atoms with van der Waals surface area (Å²) in [5.74, 6) is 0.165. The number of nitrogens with two attached hydrogens (primary N) is 1. The van der Waals surface area contributed by atoms with E-state index in [0.29, 0.717) is 6.42 Å². The van der Waals surface area contributed by atoms with Crippen LogP contribution in [-0.4, -0.2) is 5.78 Å². The molecule has 0 aromatic rings. The molecule has 0 rings (SSSR count). The zero-order valence-corrected chi connectivity index (χ0v) is 7.84. The van der Waals surface area contributed by atoms with Crippen molar-refractivity contribution in [1.29, 1.82) is 0 Å². The van der Waals surface area contributed by atoms with Crippen LogP contribution in [0.4, 0.5) is 0 Å². The highest BCUT2D eigenvalue weighted by molar-refractivity contribution is 5.89. The normalized spacial score (nSPS) is 12.3. The molecule has 0 saturated carbocycles. The maximum Gasteiger partial charge on any atom is 0.155 e. The number of ketones is 1. The Labute approximate surface area is 74.1 Å². The molecular formula is C10H17NO. The Bertz CT molecular complexity index is 192. The standard InChI is InChI=1S/C10H17NO/c1-3-9(11)7-5-6-8-10(12)4-2/h6-8H,3-5,11H2,1-2H3/b8-6-,9-7+. The first-order valence-electron chi connectivity index (χ1n) is 4.34. The van der Waals surface area contributed by atoms with E-state index in [1.54, 1.807) is 6.08 Å². The van der Waals surface area contributed by atoms with Crippen molar-refractivity contribution < 1.29 is 4.79 Å². The molecule has 0 radical (unpaired) electrons. The second kappa shape index (κ2) is 6.65. The van der Waals surface area contributed by atoms with Gasteiger partial charge >= 0.3 is 0 Å². The lowest BCUT2D eigenvalue weighted by Crippen LogP contribution is -1.93. The first kappa shape index (κ1) is 11.0. The Morgan fingerprint density at radius 2 is 2.00 bits per heavy atom. The lowest BCUT2D eigenvalue weighted by Gasteiger charge is -1.91. The predicted molar refractivity (Wildman–Crippen MR) is 51.6 cm³/mol. The molecule has 0 aliphatic rings. The molecule has 12 heavy (non-hydrogen) atoms. The third-order valence-electron chi connectivity index (χ3n) is 1.58. The largest absolute Gasteiger partial charge is 0.402 e. The summed E-state index contributed by atoms with van der Waals surface area (Å²) in [6.45, 7) is 3.86. The third-order valence-corrected chi connectivity index (χ3v) is 1.58. The Hall–Kier alpha value is -1.05. The molecule has 0 fully saturated rings. The molecule has 0 amide bonds. The highest BCUT2D eigenvalue weighted by atomic mass is 16.1. The average molecular weight is 167 g/mol. The van der Waals surface area contributed by atoms with Gasteiger partial charge in [-0.2, -0.15) is 0 Å². The van der Waals surface area contributed by atoms with Crippen LogP contribution in [0.15, 0.2) is 23.9 Å². The summed E-state index contributed by atoms with van der Waals surface area (Å²) >= 11 is 0. The van der Waals surface area contributed by atoms with Gasteiger partial charge in [0.1, 0.15) is 0 Å². The van der Waals surface area contributed by atoms with Crippen molar-refractivity contribution in [2.45, 2.75) is 33.1 Å². The number of allylic oxidation sites excluding steroid dienone is 4. The first-order valence-corrected chi connectivity index (χ1v) is 4.34. The molecule has 2 heteroatoms. The van der Waals surface area contributed by atoms with Crippen LogP contribution in [0.25, 0.3) is 0 Å². The van der Waals surface area contributed by atoms with E-state index in [4.69, 9.17) is 5.73 Å². The van der Waals surface area contributed by atoms with Gasteiger partial charge in [0.15, 0.2) is 5.78 Å². The van der Waals surface area contributed by atoms with Gasteiger partial charge in [-0.25, -0.2) is 0 Å². The third kappa shape index (κ3) is 5.71. The second-order valence-corrected chi connectivity index (χ2v) is 2.59. The second-order valence-electron chi connectivity index (χ2n) is 2.59. The van der Waals surface area contributed by atoms with Crippen molar-refractivity contribution >= 4 is 5.78 Å². The molecule has 0 spiro atoms. The van der Waals surface area contributed by atoms with Gasteiger partial charge < -0.3 is 5.73 Å². The molecule has 0 atom stereocenters. The molecular weight excluding hydrogens is 150 g/mol. The monoisotopic (exact) mass is 167 g/mol. The van der Waals surface area contributed by atoms with Crippen LogP contribution in [-0.2, 0) is 4.79 Å². The molecule has 2 nitrogen and oxygen atoms in total. The zero-order chi connectivity index (χ0) is 9.40. The van der Waals surface area contributed by atoms with Crippen molar-refractivity contribution in [2.75, 3.05) is 0 Å². The quantitative estimate of drug-likeness (QED) is 0.638. The van der Waals surface area contributed by atoms with E-state index in [1.165, 1.54) is 0 Å². The molecule has 0 saturated heterocycles. The fraction of sp³-hybridized carbons (Fsp3) is 0.500. The topological polar surface area (TPSA) is 43.1 Å². The van der Waals surface area contributed by atoms with Gasteiger partial charge in [-0.15, -0.1) is 0 Å². The van der Waals surface area contributed by atoms with Crippen LogP contribution in [0, 0.1) is 0 Å². The highest BCUT2D eigenvalue weighted by Gasteiger charge is 1.87. The fourth-order valence-corrected chi connectivity index (χ4v) is 0.681. The summed E-state index contributed by atoms with van der Waals surface area (Å²) in [6.07, 6.45) is 7.58. The molecule has 0 aromatic heterocycles. The van der Waals surface area contributed by atoms with Gasteiger partial charge in [-0.3, -0.25) is 4.79 Å². The van der Waals surface area contributed by atoms with E-state index in [1.807, 2.05) is 26.0 Å². The molecule has 0 aliphatic heterocycles. The molecule has 0 aromatic carbocycles. The molecule has 0 aliphatic carbocycles. The van der Waals surface area contributed by atoms with Gasteiger partial charge in [0.05, 0.1) is 0 Å². The van der Waals surface area contributed by atoms with Crippen LogP contribution >= 0.6 is 0 Å². The SMILES string of the molecule is CCC(=O)/C=C\C/C=C(/N)CC. The number of hydrogen-bond acceptors (Lipinski definition) is 2. The van der Waals surface area contributed by atoms with Crippen molar-refractivity contribution in [3.8, 4) is 0 Å². The van der Waals surface area contributed by atoms with Crippen LogP contribution in [0.2, 0.25) is 0 Å². The van der Waals surface area contributed by atoms with Crippen LogP contribution in [0.5, 0.6) is 0 Å². The maximum atomic E-state index is 10.8. The number of carbonyl (C=O) groups is 1. The summed E-state index contributed by atoms with van der Waals surface area (Å²) in [4.78, 5) is 10.8. The minimum Gasteiger partial charge on any atom is -0.402 e. The molecule has 0 heterocycles. The van der Waals surface area contributed by atoms with E-state index in [-0.39, 0.29) is 5.78 Å². The van der Waals surface area contributed by atoms with Gasteiger partial charge in [0.2, 0.25) is 0 Å². The number of hydrogen-bond donors (Lipinski definition) is 1. The van der Waals surface area contributed by atoms with E-state index >= 15 is 0 Å². The Balaban J connectivity index is 3.68. The van der Waals surface area contributed by atoms with E-state index < -0.39 is 0 Å². The van der Waals surface area contributed by atoms with Crippen LogP contribution in [0.3, 0.4) is 0 Å². The van der Waals surface area contributed by atoms with Crippen molar-refractivity contribution in [1.82, 2.24) is 0 Å². The smallest absolute Gasteiger partial charge is 0.155 e. The summed E-state index contributed by atoms with van der Waals surface area (Å²) < 4.78 is 0. The summed E-state index contributed by atoms with van der Waals surface area (Å²) in [5.41, 5.74) is 6.44. The van der Waals surface area contributed by atoms with E-state index in [9.17, 15) is 4.79 Å². The lowest BCUT2D eigenvalue weighted by molar-refractivity contribution is -0.114. The lowest BCUT2D eigenvalue weighted by atomic mass is 10.2. The van der Waals surface area contributed by atoms with Crippen molar-refractivity contribution in [3.63, 3.8) is 0 Å². The van der Waals surface area contributed by atoms with E-state index in [2.05, 4.69) is 0 Å². The highest BCUT2D eigenvalue weighted by Crippen LogP contribution is 1.95. The molecule has 68 valence electrons. The summed E-state index contributed by atoms with van der Waals surface area (Å²) in [6, 6.07) is 0. The first-order chi connectivity index (χ1) is 5.70. The van der Waals surface area contributed by atoms with Crippen LogP contribution in [0.1, 0.15) is 33.1 Å². The van der Waals surface area contributed by atoms with Gasteiger partial charge in [-0.1, -0.05) is 26.0 Å². The molecule has 2 N–H and O–H groups in total. The Morgan fingerprint density at radius 1 is 1.33 bits per heavy atom. The average Bonchev–Trinajstić information content (AvgIpc) is 2.11. The summed E-state index contributed by atoms with van der Waals surface area (Å²) in [7, 11) is 0. The maximum absolute atomic E-state index is 10.8. The van der Waals surface area contributed by atoms with E-state index in [0.717, 1.165) is 18.5 Å². The minimum absolute atomic E-state index is 0.165. The predicted octanol–water partition coefficient (Wildman–Crippen LogP) is 2.16. The molecule has 0 bridgehead atoms. The van der Waals surface area contributed by atoms with Crippen molar-refractivity contribution in [3.05, 3.63) is 23.9 Å². The number of carbonyl (C=O) groups excluding carboxylic acids is 1. The van der Waals surface area contributed by atoms with Gasteiger partial charge in [-0.05, 0) is 18.9 Å².